The molecule has 0 aromatic heterocycles. The molecular formula is C17H28N6O. The number of rotatable bonds is 3. The van der Waals surface area contributed by atoms with E-state index >= 15 is 0 Å². The van der Waals surface area contributed by atoms with E-state index in [-0.39, 0.29) is 17.7 Å². The van der Waals surface area contributed by atoms with Crippen molar-refractivity contribution in [3.63, 3.8) is 0 Å². The molecule has 1 aromatic rings. The fourth-order valence-corrected chi connectivity index (χ4v) is 2.97. The molecular weight excluding hydrogens is 304 g/mol. The molecule has 1 saturated heterocycles. The third-order valence-corrected chi connectivity index (χ3v) is 4.33. The number of hydrazine groups is 1. The summed E-state index contributed by atoms with van der Waals surface area (Å²) in [5, 5.41) is 3.47. The summed E-state index contributed by atoms with van der Waals surface area (Å²) in [6.07, 6.45) is 0.103. The highest BCUT2D eigenvalue weighted by Gasteiger charge is 2.25. The minimum atomic E-state index is -0.0130. The van der Waals surface area contributed by atoms with Crippen LogP contribution in [0.3, 0.4) is 0 Å². The highest BCUT2D eigenvalue weighted by atomic mass is 16.2. The van der Waals surface area contributed by atoms with Crippen molar-refractivity contribution in [3.05, 3.63) is 29.8 Å². The van der Waals surface area contributed by atoms with Crippen molar-refractivity contribution >= 4 is 17.4 Å². The fraction of sp³-hybridized carbons (Fsp3) is 0.529. The lowest BCUT2D eigenvalue weighted by Crippen LogP contribution is -2.50. The van der Waals surface area contributed by atoms with Gasteiger partial charge in [-0.3, -0.25) is 4.79 Å². The molecule has 1 fully saturated rings. The predicted octanol–water partition coefficient (Wildman–Crippen LogP) is 0.758. The molecule has 7 nitrogen and oxygen atoms in total. The van der Waals surface area contributed by atoms with Crippen LogP contribution in [0.4, 0.5) is 5.69 Å². The lowest BCUT2D eigenvalue weighted by molar-refractivity contribution is -0.130. The number of hydrogen-bond acceptors (Lipinski definition) is 5. The van der Waals surface area contributed by atoms with Crippen LogP contribution in [0, 0.1) is 0 Å². The van der Waals surface area contributed by atoms with Gasteiger partial charge in [0.2, 0.25) is 5.91 Å². The van der Waals surface area contributed by atoms with Crippen LogP contribution in [0.2, 0.25) is 0 Å². The number of anilines is 1. The Morgan fingerprint density at radius 1 is 1.21 bits per heavy atom. The Bertz CT molecular complexity index is 599. The molecule has 0 spiro atoms. The third-order valence-electron chi connectivity index (χ3n) is 4.33. The molecule has 24 heavy (non-hydrogen) atoms. The molecule has 1 aliphatic rings. The van der Waals surface area contributed by atoms with Crippen molar-refractivity contribution in [1.82, 2.24) is 10.3 Å². The predicted molar refractivity (Wildman–Crippen MR) is 97.5 cm³/mol. The highest BCUT2D eigenvalue weighted by Crippen LogP contribution is 2.32. The first-order valence-corrected chi connectivity index (χ1v) is 8.22. The van der Waals surface area contributed by atoms with E-state index < -0.39 is 0 Å². The number of hydrazone groups is 1. The average Bonchev–Trinajstić information content (AvgIpc) is 2.59. The van der Waals surface area contributed by atoms with Gasteiger partial charge in [-0.25, -0.2) is 5.84 Å². The molecule has 7 heteroatoms. The molecule has 5 N–H and O–H groups in total. The van der Waals surface area contributed by atoms with Gasteiger partial charge in [-0.1, -0.05) is 39.0 Å². The summed E-state index contributed by atoms with van der Waals surface area (Å²) >= 11 is 0. The summed E-state index contributed by atoms with van der Waals surface area (Å²) in [7, 11) is 0. The zero-order valence-electron chi connectivity index (χ0n) is 14.7. The first-order chi connectivity index (χ1) is 11.4. The first-order valence-electron chi connectivity index (χ1n) is 8.22. The van der Waals surface area contributed by atoms with E-state index in [0.717, 1.165) is 13.1 Å². The van der Waals surface area contributed by atoms with Gasteiger partial charge in [0, 0.05) is 31.9 Å². The third kappa shape index (κ3) is 4.17. The molecule has 0 aliphatic carbocycles. The Balaban J connectivity index is 2.02. The monoisotopic (exact) mass is 332 g/mol. The van der Waals surface area contributed by atoms with Gasteiger partial charge in [0.05, 0.1) is 6.42 Å². The van der Waals surface area contributed by atoms with Crippen LogP contribution >= 0.6 is 0 Å². The van der Waals surface area contributed by atoms with Crippen molar-refractivity contribution < 1.29 is 4.79 Å². The second-order valence-corrected chi connectivity index (χ2v) is 7.03. The minimum absolute atomic E-state index is 0.0130. The first kappa shape index (κ1) is 18.1. The van der Waals surface area contributed by atoms with Crippen molar-refractivity contribution in [2.45, 2.75) is 32.6 Å². The largest absolute Gasteiger partial charge is 0.368 e. The van der Waals surface area contributed by atoms with Crippen molar-refractivity contribution in [2.24, 2.45) is 16.8 Å². The van der Waals surface area contributed by atoms with Gasteiger partial charge < -0.3 is 21.1 Å². The minimum Gasteiger partial charge on any atom is -0.368 e. The Kier molecular flexibility index (Phi) is 5.66. The number of piperazine rings is 1. The summed E-state index contributed by atoms with van der Waals surface area (Å²) in [6.45, 7) is 9.64. The van der Waals surface area contributed by atoms with Crippen molar-refractivity contribution in [2.75, 3.05) is 31.1 Å². The number of carbonyl (C=O) groups is 1. The number of amidine groups is 1. The van der Waals surface area contributed by atoms with E-state index in [1.54, 1.807) is 0 Å². The molecule has 1 aromatic carbocycles. The van der Waals surface area contributed by atoms with Crippen LogP contribution in [0.1, 0.15) is 32.8 Å². The van der Waals surface area contributed by atoms with Crippen LogP contribution in [-0.4, -0.2) is 42.8 Å². The van der Waals surface area contributed by atoms with Crippen molar-refractivity contribution in [1.29, 1.82) is 0 Å². The maximum Gasteiger partial charge on any atom is 0.230 e. The van der Waals surface area contributed by atoms with E-state index in [1.807, 2.05) is 4.90 Å². The number of nitrogens with two attached hydrogens (primary N) is 2. The van der Waals surface area contributed by atoms with Crippen LogP contribution in [0.15, 0.2) is 29.4 Å². The van der Waals surface area contributed by atoms with Gasteiger partial charge >= 0.3 is 0 Å². The normalized spacial score (nSPS) is 16.2. The standard InChI is InChI=1S/C17H28N6O/c1-17(2,3)13-6-4-5-7-14(13)22-8-10-23(11-9-22)16(24)12-15(20-18)21-19/h4-7H,8-12,18-19H2,1-3H3,(H,20,21). The van der Waals surface area contributed by atoms with Gasteiger partial charge in [0.25, 0.3) is 0 Å². The highest BCUT2D eigenvalue weighted by molar-refractivity contribution is 5.99. The molecule has 1 heterocycles. The SMILES string of the molecule is CC(C)(C)c1ccccc1N1CCN(C(=O)C/C(=N/N)NN)CC1. The molecule has 0 saturated carbocycles. The van der Waals surface area contributed by atoms with Gasteiger partial charge in [-0.15, -0.1) is 0 Å². The van der Waals surface area contributed by atoms with Gasteiger partial charge in [-0.05, 0) is 17.0 Å². The zero-order valence-corrected chi connectivity index (χ0v) is 14.7. The van der Waals surface area contributed by atoms with Crippen LogP contribution < -0.4 is 22.0 Å². The molecule has 2 rings (SSSR count). The number of benzene rings is 1. The van der Waals surface area contributed by atoms with E-state index in [0.29, 0.717) is 18.9 Å². The number of amides is 1. The number of nitrogens with zero attached hydrogens (tertiary/aromatic N) is 3. The second kappa shape index (κ2) is 7.53. The lowest BCUT2D eigenvalue weighted by Gasteiger charge is -2.38. The molecule has 0 unspecified atom stereocenters. The van der Waals surface area contributed by atoms with Gasteiger partial charge in [0.15, 0.2) is 0 Å². The number of nitrogens with one attached hydrogen (secondary N) is 1. The fourth-order valence-electron chi connectivity index (χ4n) is 2.97. The molecule has 132 valence electrons. The molecule has 0 radical (unpaired) electrons. The second-order valence-electron chi connectivity index (χ2n) is 7.03. The summed E-state index contributed by atoms with van der Waals surface area (Å²) in [4.78, 5) is 16.5. The summed E-state index contributed by atoms with van der Waals surface area (Å²) < 4.78 is 0. The summed E-state index contributed by atoms with van der Waals surface area (Å²) in [6, 6.07) is 8.50. The average molecular weight is 332 g/mol. The van der Waals surface area contributed by atoms with Gasteiger partial charge in [-0.2, -0.15) is 5.10 Å². The Morgan fingerprint density at radius 3 is 2.38 bits per heavy atom. The molecule has 0 atom stereocenters. The van der Waals surface area contributed by atoms with Crippen LogP contribution in [-0.2, 0) is 10.2 Å². The number of hydrogen-bond donors (Lipinski definition) is 3. The topological polar surface area (TPSA) is 100.0 Å². The van der Waals surface area contributed by atoms with E-state index in [9.17, 15) is 4.79 Å². The molecule has 0 bridgehead atoms. The van der Waals surface area contributed by atoms with Crippen LogP contribution in [0.25, 0.3) is 0 Å². The number of para-hydroxylation sites is 1. The summed E-state index contributed by atoms with van der Waals surface area (Å²) in [5.74, 6) is 10.7. The lowest BCUT2D eigenvalue weighted by atomic mass is 9.85. The molecule has 1 aliphatic heterocycles. The maximum atomic E-state index is 12.3. The van der Waals surface area contributed by atoms with Gasteiger partial charge in [0.1, 0.15) is 5.84 Å². The maximum absolute atomic E-state index is 12.3. The number of carbonyl (C=O) groups excluding carboxylic acids is 1. The van der Waals surface area contributed by atoms with Crippen LogP contribution in [0.5, 0.6) is 0 Å². The van der Waals surface area contributed by atoms with E-state index in [4.69, 9.17) is 11.7 Å². The summed E-state index contributed by atoms with van der Waals surface area (Å²) in [5.41, 5.74) is 5.02. The zero-order chi connectivity index (χ0) is 17.7. The molecule has 1 amide bonds. The smallest absolute Gasteiger partial charge is 0.230 e. The van der Waals surface area contributed by atoms with E-state index in [2.05, 4.69) is 60.5 Å². The Labute approximate surface area is 143 Å². The quantitative estimate of drug-likeness (QED) is 0.328. The van der Waals surface area contributed by atoms with E-state index in [1.165, 1.54) is 11.3 Å². The van der Waals surface area contributed by atoms with Crippen molar-refractivity contribution in [3.8, 4) is 0 Å². The Morgan fingerprint density at radius 2 is 1.83 bits per heavy atom. The Hall–Kier alpha value is -2.28.